The van der Waals surface area contributed by atoms with Gasteiger partial charge < -0.3 is 19.9 Å². The van der Waals surface area contributed by atoms with Gasteiger partial charge in [0.25, 0.3) is 0 Å². The average Bonchev–Trinajstić information content (AvgIpc) is 2.57. The third kappa shape index (κ3) is 5.53. The van der Waals surface area contributed by atoms with E-state index in [1.54, 1.807) is 0 Å². The topological polar surface area (TPSA) is 44.8 Å². The summed E-state index contributed by atoms with van der Waals surface area (Å²) in [6.45, 7) is 5.79. The Kier molecular flexibility index (Phi) is 8.69. The first kappa shape index (κ1) is 20.0. The predicted molar refractivity (Wildman–Crippen MR) is 97.0 cm³/mol. The van der Waals surface area contributed by atoms with Gasteiger partial charge in [-0.05, 0) is 12.1 Å². The molecule has 1 atom stereocenters. The van der Waals surface area contributed by atoms with Crippen LogP contribution in [0.4, 0.5) is 5.69 Å². The molecule has 130 valence electrons. The van der Waals surface area contributed by atoms with E-state index in [-0.39, 0.29) is 36.8 Å². The Labute approximate surface area is 150 Å². The lowest BCUT2D eigenvalue weighted by Crippen LogP contribution is -2.50. The summed E-state index contributed by atoms with van der Waals surface area (Å²) in [6, 6.07) is 10.4. The van der Waals surface area contributed by atoms with E-state index >= 15 is 0 Å². The zero-order chi connectivity index (χ0) is 14.5. The number of benzene rings is 1. The molecule has 2 aliphatic heterocycles. The van der Waals surface area contributed by atoms with Crippen LogP contribution in [0.15, 0.2) is 30.3 Å². The van der Waals surface area contributed by atoms with Crippen LogP contribution in [0.3, 0.4) is 0 Å². The zero-order valence-corrected chi connectivity index (χ0v) is 14.8. The maximum absolute atomic E-state index is 12.3. The number of amides is 1. The summed E-state index contributed by atoms with van der Waals surface area (Å²) in [5, 5.41) is 3.27. The molecule has 2 aliphatic rings. The second-order valence-corrected chi connectivity index (χ2v) is 5.60. The van der Waals surface area contributed by atoms with Gasteiger partial charge in [0.15, 0.2) is 0 Å². The molecule has 3 rings (SSSR count). The van der Waals surface area contributed by atoms with Crippen LogP contribution in [0.5, 0.6) is 0 Å². The van der Waals surface area contributed by atoms with Crippen molar-refractivity contribution in [2.75, 3.05) is 50.8 Å². The van der Waals surface area contributed by atoms with E-state index in [0.29, 0.717) is 13.0 Å². The van der Waals surface area contributed by atoms with Gasteiger partial charge in [0.1, 0.15) is 0 Å². The normalized spacial score (nSPS) is 21.1. The number of halogens is 2. The van der Waals surface area contributed by atoms with Gasteiger partial charge in [-0.15, -0.1) is 24.8 Å². The number of nitrogens with zero attached hydrogens (tertiary/aromatic N) is 2. The van der Waals surface area contributed by atoms with Crippen LogP contribution in [0.1, 0.15) is 6.42 Å². The van der Waals surface area contributed by atoms with Crippen molar-refractivity contribution >= 4 is 36.4 Å². The molecule has 2 heterocycles. The van der Waals surface area contributed by atoms with Crippen LogP contribution in [0, 0.1) is 0 Å². The molecule has 1 aromatic carbocycles. The summed E-state index contributed by atoms with van der Waals surface area (Å²) in [5.74, 6) is 0.219. The van der Waals surface area contributed by atoms with Gasteiger partial charge in [0, 0.05) is 45.0 Å². The molecular weight excluding hydrogens is 337 g/mol. The third-order valence-electron chi connectivity index (χ3n) is 4.16. The van der Waals surface area contributed by atoms with E-state index in [1.165, 1.54) is 5.69 Å². The molecule has 0 spiro atoms. The lowest BCUT2D eigenvalue weighted by molar-refractivity contribution is -0.135. The van der Waals surface area contributed by atoms with Gasteiger partial charge in [-0.2, -0.15) is 0 Å². The number of morpholine rings is 1. The number of ether oxygens (including phenoxy) is 1. The molecule has 2 fully saturated rings. The molecule has 2 saturated heterocycles. The van der Waals surface area contributed by atoms with Gasteiger partial charge >= 0.3 is 0 Å². The second kappa shape index (κ2) is 9.98. The number of anilines is 1. The molecule has 23 heavy (non-hydrogen) atoms. The summed E-state index contributed by atoms with van der Waals surface area (Å²) in [7, 11) is 0. The first-order valence-electron chi connectivity index (χ1n) is 7.73. The third-order valence-corrected chi connectivity index (χ3v) is 4.16. The van der Waals surface area contributed by atoms with Gasteiger partial charge in [-0.3, -0.25) is 4.79 Å². The van der Waals surface area contributed by atoms with Crippen LogP contribution < -0.4 is 10.2 Å². The fraction of sp³-hybridized carbons (Fsp3) is 0.562. The lowest BCUT2D eigenvalue weighted by atomic mass is 10.2. The van der Waals surface area contributed by atoms with Crippen molar-refractivity contribution in [2.45, 2.75) is 12.5 Å². The largest absolute Gasteiger partial charge is 0.375 e. The maximum atomic E-state index is 12.3. The Morgan fingerprint density at radius 1 is 1.13 bits per heavy atom. The number of carbonyl (C=O) groups is 1. The second-order valence-electron chi connectivity index (χ2n) is 5.60. The fourth-order valence-electron chi connectivity index (χ4n) is 2.93. The number of hydrogen-bond acceptors (Lipinski definition) is 4. The standard InChI is InChI=1S/C16H23N3O2.2ClH/c20-16(12-15-13-17-6-11-21-15)19-9-7-18(8-10-19)14-4-2-1-3-5-14;;/h1-5,15,17H,6-13H2;2*1H. The zero-order valence-electron chi connectivity index (χ0n) is 13.1. The first-order chi connectivity index (χ1) is 10.3. The number of rotatable bonds is 3. The minimum absolute atomic E-state index is 0. The Morgan fingerprint density at radius 2 is 1.83 bits per heavy atom. The van der Waals surface area contributed by atoms with E-state index in [9.17, 15) is 4.79 Å². The highest BCUT2D eigenvalue weighted by Gasteiger charge is 2.24. The van der Waals surface area contributed by atoms with Gasteiger partial charge in [-0.1, -0.05) is 18.2 Å². The number of hydrogen-bond donors (Lipinski definition) is 1. The monoisotopic (exact) mass is 361 g/mol. The van der Waals surface area contributed by atoms with Crippen molar-refractivity contribution in [1.29, 1.82) is 0 Å². The number of nitrogens with one attached hydrogen (secondary N) is 1. The summed E-state index contributed by atoms with van der Waals surface area (Å²) in [4.78, 5) is 16.6. The molecule has 0 radical (unpaired) electrons. The van der Waals surface area contributed by atoms with Gasteiger partial charge in [-0.25, -0.2) is 0 Å². The molecule has 1 amide bonds. The molecule has 0 aliphatic carbocycles. The van der Waals surface area contributed by atoms with E-state index in [4.69, 9.17) is 4.74 Å². The van der Waals surface area contributed by atoms with Crippen molar-refractivity contribution in [2.24, 2.45) is 0 Å². The minimum Gasteiger partial charge on any atom is -0.375 e. The highest BCUT2D eigenvalue weighted by atomic mass is 35.5. The molecular formula is C16H25Cl2N3O2. The predicted octanol–water partition coefficient (Wildman–Crippen LogP) is 1.56. The van der Waals surface area contributed by atoms with Crippen LogP contribution in [0.2, 0.25) is 0 Å². The van der Waals surface area contributed by atoms with E-state index in [0.717, 1.165) is 39.3 Å². The molecule has 5 nitrogen and oxygen atoms in total. The van der Waals surface area contributed by atoms with Crippen LogP contribution in [0.25, 0.3) is 0 Å². The Hall–Kier alpha value is -1.01. The quantitative estimate of drug-likeness (QED) is 0.887. The molecule has 1 N–H and O–H groups in total. The van der Waals surface area contributed by atoms with Crippen molar-refractivity contribution in [1.82, 2.24) is 10.2 Å². The van der Waals surface area contributed by atoms with Crippen LogP contribution >= 0.6 is 24.8 Å². The summed E-state index contributed by atoms with van der Waals surface area (Å²) in [5.41, 5.74) is 1.24. The first-order valence-corrected chi connectivity index (χ1v) is 7.73. The van der Waals surface area contributed by atoms with Crippen molar-refractivity contribution < 1.29 is 9.53 Å². The van der Waals surface area contributed by atoms with Crippen LogP contribution in [-0.4, -0.2) is 62.8 Å². The Bertz CT molecular complexity index is 462. The van der Waals surface area contributed by atoms with Gasteiger partial charge in [0.05, 0.1) is 19.1 Å². The minimum atomic E-state index is 0. The number of para-hydroxylation sites is 1. The Morgan fingerprint density at radius 3 is 2.43 bits per heavy atom. The molecule has 0 bridgehead atoms. The fourth-order valence-corrected chi connectivity index (χ4v) is 2.93. The van der Waals surface area contributed by atoms with Crippen molar-refractivity contribution in [3.05, 3.63) is 30.3 Å². The molecule has 1 aromatic rings. The van der Waals surface area contributed by atoms with E-state index < -0.39 is 0 Å². The average molecular weight is 362 g/mol. The molecule has 0 aromatic heterocycles. The summed E-state index contributed by atoms with van der Waals surface area (Å²) < 4.78 is 5.61. The van der Waals surface area contributed by atoms with Crippen LogP contribution in [-0.2, 0) is 9.53 Å². The summed E-state index contributed by atoms with van der Waals surface area (Å²) in [6.07, 6.45) is 0.539. The Balaban J connectivity index is 0.00000132. The molecule has 0 saturated carbocycles. The summed E-state index contributed by atoms with van der Waals surface area (Å²) >= 11 is 0. The SMILES string of the molecule is Cl.Cl.O=C(CC1CNCCO1)N1CCN(c2ccccc2)CC1. The van der Waals surface area contributed by atoms with Crippen molar-refractivity contribution in [3.63, 3.8) is 0 Å². The molecule has 7 heteroatoms. The van der Waals surface area contributed by atoms with E-state index in [1.807, 2.05) is 11.0 Å². The van der Waals surface area contributed by atoms with Gasteiger partial charge in [0.2, 0.25) is 5.91 Å². The smallest absolute Gasteiger partial charge is 0.225 e. The highest BCUT2D eigenvalue weighted by molar-refractivity contribution is 5.85. The van der Waals surface area contributed by atoms with Crippen molar-refractivity contribution in [3.8, 4) is 0 Å². The highest BCUT2D eigenvalue weighted by Crippen LogP contribution is 2.16. The number of carbonyl (C=O) groups excluding carboxylic acids is 1. The number of piperazine rings is 1. The lowest BCUT2D eigenvalue weighted by Gasteiger charge is -2.37. The molecule has 1 unspecified atom stereocenters. The van der Waals surface area contributed by atoms with E-state index in [2.05, 4.69) is 34.5 Å². The maximum Gasteiger partial charge on any atom is 0.225 e.